The maximum Gasteiger partial charge on any atom is 0.271 e. The number of rotatable bonds is 7. The summed E-state index contributed by atoms with van der Waals surface area (Å²) >= 11 is 0. The highest BCUT2D eigenvalue weighted by Gasteiger charge is 2.04. The zero-order valence-corrected chi connectivity index (χ0v) is 15.4. The van der Waals surface area contributed by atoms with Gasteiger partial charge in [-0.15, -0.1) is 0 Å². The first-order valence-corrected chi connectivity index (χ1v) is 8.51. The molecular formula is C20H26N4O. The number of carbonyl (C=O) groups is 1. The van der Waals surface area contributed by atoms with Gasteiger partial charge in [-0.05, 0) is 55.8 Å². The standard InChI is InChI=1S/C20H26N4O/c1-5-24(6-2)19-11-7-16(8-12-19)15-21-22-20(25)17-9-13-18(14-10-17)23(3)4/h7-15H,5-6H2,1-4H3,(H,22,25)/b21-15-. The fourth-order valence-electron chi connectivity index (χ4n) is 2.50. The number of nitrogens with zero attached hydrogens (tertiary/aromatic N) is 3. The Bertz CT molecular complexity index is 701. The van der Waals surface area contributed by atoms with E-state index < -0.39 is 0 Å². The van der Waals surface area contributed by atoms with Crippen molar-refractivity contribution < 1.29 is 4.79 Å². The van der Waals surface area contributed by atoms with Crippen molar-refractivity contribution in [2.45, 2.75) is 13.8 Å². The van der Waals surface area contributed by atoms with Crippen molar-refractivity contribution in [3.63, 3.8) is 0 Å². The smallest absolute Gasteiger partial charge is 0.271 e. The second-order valence-electron chi connectivity index (χ2n) is 5.90. The molecule has 1 amide bonds. The van der Waals surface area contributed by atoms with E-state index in [0.717, 1.165) is 24.3 Å². The molecule has 1 N–H and O–H groups in total. The minimum Gasteiger partial charge on any atom is -0.378 e. The van der Waals surface area contributed by atoms with Crippen molar-refractivity contribution in [2.75, 3.05) is 37.0 Å². The van der Waals surface area contributed by atoms with Crippen LogP contribution in [0.3, 0.4) is 0 Å². The fourth-order valence-corrected chi connectivity index (χ4v) is 2.50. The summed E-state index contributed by atoms with van der Waals surface area (Å²) in [4.78, 5) is 16.4. The topological polar surface area (TPSA) is 47.9 Å². The minimum atomic E-state index is -0.221. The van der Waals surface area contributed by atoms with Crippen molar-refractivity contribution in [3.05, 3.63) is 59.7 Å². The van der Waals surface area contributed by atoms with Gasteiger partial charge in [-0.2, -0.15) is 5.10 Å². The van der Waals surface area contributed by atoms with Gasteiger partial charge >= 0.3 is 0 Å². The number of hydrogen-bond acceptors (Lipinski definition) is 4. The van der Waals surface area contributed by atoms with Crippen molar-refractivity contribution in [1.29, 1.82) is 0 Å². The molecule has 0 aliphatic heterocycles. The van der Waals surface area contributed by atoms with E-state index in [1.165, 1.54) is 5.69 Å². The summed E-state index contributed by atoms with van der Waals surface area (Å²) in [5.74, 6) is -0.221. The summed E-state index contributed by atoms with van der Waals surface area (Å²) in [5, 5.41) is 4.04. The van der Waals surface area contributed by atoms with Gasteiger partial charge in [0, 0.05) is 44.1 Å². The van der Waals surface area contributed by atoms with E-state index in [9.17, 15) is 4.79 Å². The minimum absolute atomic E-state index is 0.221. The van der Waals surface area contributed by atoms with Gasteiger partial charge in [0.25, 0.3) is 5.91 Å². The van der Waals surface area contributed by atoms with Crippen LogP contribution in [0.1, 0.15) is 29.8 Å². The van der Waals surface area contributed by atoms with Crippen LogP contribution in [0.25, 0.3) is 0 Å². The van der Waals surface area contributed by atoms with Crippen LogP contribution >= 0.6 is 0 Å². The van der Waals surface area contributed by atoms with Crippen molar-refractivity contribution in [1.82, 2.24) is 5.43 Å². The Labute approximate surface area is 150 Å². The summed E-state index contributed by atoms with van der Waals surface area (Å²) in [6.07, 6.45) is 1.65. The molecule has 0 fully saturated rings. The van der Waals surface area contributed by atoms with Crippen LogP contribution in [0.2, 0.25) is 0 Å². The molecule has 2 rings (SSSR count). The van der Waals surface area contributed by atoms with E-state index >= 15 is 0 Å². The quantitative estimate of drug-likeness (QED) is 0.622. The number of benzene rings is 2. The highest BCUT2D eigenvalue weighted by Crippen LogP contribution is 2.14. The molecule has 0 aliphatic rings. The molecule has 5 nitrogen and oxygen atoms in total. The first-order chi connectivity index (χ1) is 12.0. The van der Waals surface area contributed by atoms with Gasteiger partial charge in [0.1, 0.15) is 0 Å². The van der Waals surface area contributed by atoms with Crippen LogP contribution in [0.5, 0.6) is 0 Å². The number of hydrazone groups is 1. The summed E-state index contributed by atoms with van der Waals surface area (Å²) in [6, 6.07) is 15.5. The fraction of sp³-hybridized carbons (Fsp3) is 0.300. The Morgan fingerprint density at radius 1 is 0.960 bits per heavy atom. The normalized spacial score (nSPS) is 10.7. The molecular weight excluding hydrogens is 312 g/mol. The number of anilines is 2. The lowest BCUT2D eigenvalue weighted by atomic mass is 10.2. The molecule has 5 heteroatoms. The van der Waals surface area contributed by atoms with Crippen LogP contribution in [0.15, 0.2) is 53.6 Å². The molecule has 0 unspecified atom stereocenters. The first-order valence-electron chi connectivity index (χ1n) is 8.51. The summed E-state index contributed by atoms with van der Waals surface area (Å²) in [6.45, 7) is 6.23. The zero-order valence-electron chi connectivity index (χ0n) is 15.4. The Balaban J connectivity index is 1.94. The van der Waals surface area contributed by atoms with Gasteiger partial charge < -0.3 is 9.80 Å². The van der Waals surface area contributed by atoms with E-state index in [-0.39, 0.29) is 5.91 Å². The van der Waals surface area contributed by atoms with Crippen LogP contribution in [-0.4, -0.2) is 39.3 Å². The molecule has 132 valence electrons. The third-order valence-corrected chi connectivity index (χ3v) is 4.05. The second-order valence-corrected chi connectivity index (χ2v) is 5.90. The molecule has 2 aromatic rings. The Hall–Kier alpha value is -2.82. The Morgan fingerprint density at radius 2 is 1.52 bits per heavy atom. The van der Waals surface area contributed by atoms with Crippen molar-refractivity contribution in [2.24, 2.45) is 5.10 Å². The predicted octanol–water partition coefficient (Wildman–Crippen LogP) is 3.36. The van der Waals surface area contributed by atoms with Crippen LogP contribution in [0, 0.1) is 0 Å². The number of carbonyl (C=O) groups excluding carboxylic acids is 1. The molecule has 0 aliphatic carbocycles. The van der Waals surface area contributed by atoms with Crippen molar-refractivity contribution in [3.8, 4) is 0 Å². The summed E-state index contributed by atoms with van der Waals surface area (Å²) in [5.41, 5.74) is 6.33. The summed E-state index contributed by atoms with van der Waals surface area (Å²) < 4.78 is 0. The van der Waals surface area contributed by atoms with Gasteiger partial charge in [0.15, 0.2) is 0 Å². The van der Waals surface area contributed by atoms with E-state index in [1.54, 1.807) is 18.3 Å². The molecule has 0 spiro atoms. The predicted molar refractivity (Wildman–Crippen MR) is 106 cm³/mol. The van der Waals surface area contributed by atoms with Gasteiger partial charge in [-0.3, -0.25) is 4.79 Å². The van der Waals surface area contributed by atoms with E-state index in [0.29, 0.717) is 5.56 Å². The second kappa shape index (κ2) is 8.87. The number of nitrogens with one attached hydrogen (secondary N) is 1. The van der Waals surface area contributed by atoms with Crippen LogP contribution < -0.4 is 15.2 Å². The monoisotopic (exact) mass is 338 g/mol. The number of amides is 1. The summed E-state index contributed by atoms with van der Waals surface area (Å²) in [7, 11) is 3.93. The van der Waals surface area contributed by atoms with E-state index in [1.807, 2.05) is 43.3 Å². The molecule has 0 atom stereocenters. The Morgan fingerprint density at radius 3 is 2.04 bits per heavy atom. The zero-order chi connectivity index (χ0) is 18.2. The van der Waals surface area contributed by atoms with E-state index in [4.69, 9.17) is 0 Å². The van der Waals surface area contributed by atoms with E-state index in [2.05, 4.69) is 41.4 Å². The third kappa shape index (κ3) is 5.08. The van der Waals surface area contributed by atoms with Gasteiger partial charge in [-0.1, -0.05) is 12.1 Å². The lowest BCUT2D eigenvalue weighted by molar-refractivity contribution is 0.0955. The van der Waals surface area contributed by atoms with Crippen LogP contribution in [-0.2, 0) is 0 Å². The maximum absolute atomic E-state index is 12.1. The average Bonchev–Trinajstić information content (AvgIpc) is 2.64. The molecule has 25 heavy (non-hydrogen) atoms. The number of hydrogen-bond donors (Lipinski definition) is 1. The molecule has 0 saturated heterocycles. The highest BCUT2D eigenvalue weighted by atomic mass is 16.2. The first kappa shape index (κ1) is 18.5. The van der Waals surface area contributed by atoms with Crippen molar-refractivity contribution >= 4 is 23.5 Å². The van der Waals surface area contributed by atoms with Gasteiger partial charge in [0.2, 0.25) is 0 Å². The maximum atomic E-state index is 12.1. The lowest BCUT2D eigenvalue weighted by Gasteiger charge is -2.20. The SMILES string of the molecule is CCN(CC)c1ccc(/C=N\NC(=O)c2ccc(N(C)C)cc2)cc1. The molecule has 0 heterocycles. The lowest BCUT2D eigenvalue weighted by Crippen LogP contribution is -2.21. The Kier molecular flexibility index (Phi) is 6.57. The molecule has 2 aromatic carbocycles. The van der Waals surface area contributed by atoms with Crippen LogP contribution in [0.4, 0.5) is 11.4 Å². The molecule has 0 aromatic heterocycles. The molecule has 0 saturated carbocycles. The third-order valence-electron chi connectivity index (χ3n) is 4.05. The highest BCUT2D eigenvalue weighted by molar-refractivity contribution is 5.95. The van der Waals surface area contributed by atoms with Gasteiger partial charge in [-0.25, -0.2) is 5.43 Å². The molecule has 0 radical (unpaired) electrons. The largest absolute Gasteiger partial charge is 0.378 e. The average molecular weight is 338 g/mol. The van der Waals surface area contributed by atoms with Gasteiger partial charge in [0.05, 0.1) is 6.21 Å². The molecule has 0 bridgehead atoms.